The van der Waals surface area contributed by atoms with Gasteiger partial charge in [-0.15, -0.1) is 16.9 Å². The van der Waals surface area contributed by atoms with E-state index < -0.39 is 11.5 Å². The molecule has 0 saturated heterocycles. The predicted molar refractivity (Wildman–Crippen MR) is 78.6 cm³/mol. The summed E-state index contributed by atoms with van der Waals surface area (Å²) < 4.78 is 14.6. The molecule has 0 saturated carbocycles. The first-order valence-corrected chi connectivity index (χ1v) is 7.33. The fourth-order valence-electron chi connectivity index (χ4n) is 1.48. The van der Waals surface area contributed by atoms with E-state index in [4.69, 9.17) is 0 Å². The van der Waals surface area contributed by atoms with Crippen molar-refractivity contribution in [1.29, 1.82) is 0 Å². The van der Waals surface area contributed by atoms with Crippen molar-refractivity contribution in [1.82, 2.24) is 10.2 Å². The minimum atomic E-state index is -0.675. The van der Waals surface area contributed by atoms with E-state index in [9.17, 15) is 9.18 Å². The normalized spacial score (nSPS) is 10.5. The molecule has 0 atom stereocenters. The van der Waals surface area contributed by atoms with Crippen LogP contribution in [0, 0.1) is 5.95 Å². The van der Waals surface area contributed by atoms with Gasteiger partial charge in [0.1, 0.15) is 5.69 Å². The van der Waals surface area contributed by atoms with Crippen molar-refractivity contribution in [3.63, 3.8) is 0 Å². The number of nitrogens with one attached hydrogen (secondary N) is 2. The lowest BCUT2D eigenvalue weighted by Gasteiger charge is -2.10. The first kappa shape index (κ1) is 14.1. The Morgan fingerprint density at radius 2 is 2.11 bits per heavy atom. The second kappa shape index (κ2) is 6.21. The third-order valence-corrected chi connectivity index (χ3v) is 3.78. The summed E-state index contributed by atoms with van der Waals surface area (Å²) in [5.41, 5.74) is 0.444. The van der Waals surface area contributed by atoms with E-state index in [0.29, 0.717) is 11.4 Å². The lowest BCUT2D eigenvalue weighted by molar-refractivity contribution is 0.535. The lowest BCUT2D eigenvalue weighted by atomic mass is 10.3. The van der Waals surface area contributed by atoms with E-state index >= 15 is 0 Å². The quantitative estimate of drug-likeness (QED) is 0.834. The summed E-state index contributed by atoms with van der Waals surface area (Å²) >= 11 is 4.56. The number of anilines is 2. The van der Waals surface area contributed by atoms with E-state index in [1.165, 1.54) is 11.8 Å². The molecule has 1 heterocycles. The highest BCUT2D eigenvalue weighted by molar-refractivity contribution is 9.10. The molecule has 0 unspecified atom stereocenters. The average molecular weight is 344 g/mol. The molecule has 4 nitrogen and oxygen atoms in total. The lowest BCUT2D eigenvalue weighted by Crippen LogP contribution is -2.16. The molecule has 7 heteroatoms. The Hall–Kier alpha value is -1.34. The van der Waals surface area contributed by atoms with Gasteiger partial charge in [-0.25, -0.2) is 5.10 Å². The maximum absolute atomic E-state index is 13.6. The first-order valence-electron chi connectivity index (χ1n) is 5.55. The summed E-state index contributed by atoms with van der Waals surface area (Å²) in [6.07, 6.45) is 0. The van der Waals surface area contributed by atoms with Gasteiger partial charge in [0.05, 0.1) is 4.90 Å². The summed E-state index contributed by atoms with van der Waals surface area (Å²) in [7, 11) is 0. The second-order valence-corrected chi connectivity index (χ2v) is 5.80. The molecule has 1 aromatic heterocycles. The zero-order valence-electron chi connectivity index (χ0n) is 10.0. The Balaban J connectivity index is 2.41. The SMILES string of the molecule is CCSc1c(F)n[nH]c(=O)c1Nc1ccc(Br)cc1. The molecule has 19 heavy (non-hydrogen) atoms. The van der Waals surface area contributed by atoms with Gasteiger partial charge >= 0.3 is 0 Å². The Kier molecular flexibility index (Phi) is 4.60. The van der Waals surface area contributed by atoms with Gasteiger partial charge in [-0.05, 0) is 30.0 Å². The molecule has 2 rings (SSSR count). The molecule has 0 bridgehead atoms. The number of aromatic amines is 1. The highest BCUT2D eigenvalue weighted by atomic mass is 79.9. The number of hydrogen-bond acceptors (Lipinski definition) is 4. The van der Waals surface area contributed by atoms with Crippen molar-refractivity contribution >= 4 is 39.1 Å². The topological polar surface area (TPSA) is 57.8 Å². The van der Waals surface area contributed by atoms with Crippen LogP contribution in [0.4, 0.5) is 15.8 Å². The van der Waals surface area contributed by atoms with Gasteiger partial charge in [0.15, 0.2) is 0 Å². The summed E-state index contributed by atoms with van der Waals surface area (Å²) in [5, 5.41) is 8.40. The van der Waals surface area contributed by atoms with Crippen LogP contribution < -0.4 is 10.9 Å². The largest absolute Gasteiger partial charge is 0.350 e. The number of aromatic nitrogens is 2. The third kappa shape index (κ3) is 3.36. The van der Waals surface area contributed by atoms with Crippen LogP contribution in [-0.2, 0) is 0 Å². The molecule has 1 aromatic carbocycles. The highest BCUT2D eigenvalue weighted by Crippen LogP contribution is 2.28. The van der Waals surface area contributed by atoms with Gasteiger partial charge in [-0.3, -0.25) is 4.79 Å². The van der Waals surface area contributed by atoms with E-state index in [2.05, 4.69) is 31.4 Å². The number of hydrogen-bond donors (Lipinski definition) is 2. The van der Waals surface area contributed by atoms with Gasteiger partial charge in [0, 0.05) is 10.2 Å². The molecular weight excluding hydrogens is 333 g/mol. The summed E-state index contributed by atoms with van der Waals surface area (Å²) in [6.45, 7) is 1.88. The van der Waals surface area contributed by atoms with Crippen LogP contribution in [-0.4, -0.2) is 16.0 Å². The van der Waals surface area contributed by atoms with Crippen LogP contribution in [0.5, 0.6) is 0 Å². The summed E-state index contributed by atoms with van der Waals surface area (Å²) in [5.74, 6) is -0.0251. The number of nitrogens with zero attached hydrogens (tertiary/aromatic N) is 1. The van der Waals surface area contributed by atoms with Gasteiger partial charge in [-0.1, -0.05) is 22.9 Å². The number of benzene rings is 1. The number of rotatable bonds is 4. The molecule has 0 aliphatic carbocycles. The third-order valence-electron chi connectivity index (χ3n) is 2.30. The molecule has 0 amide bonds. The molecule has 2 aromatic rings. The molecule has 0 fully saturated rings. The van der Waals surface area contributed by atoms with Gasteiger partial charge in [0.2, 0.25) is 5.95 Å². The fourth-order valence-corrected chi connectivity index (χ4v) is 2.49. The van der Waals surface area contributed by atoms with Crippen LogP contribution in [0.15, 0.2) is 38.4 Å². The maximum atomic E-state index is 13.6. The smallest absolute Gasteiger partial charge is 0.289 e. The minimum Gasteiger partial charge on any atom is -0.350 e. The molecule has 0 aliphatic heterocycles. The van der Waals surface area contributed by atoms with Crippen molar-refractivity contribution in [3.05, 3.63) is 45.0 Å². The highest BCUT2D eigenvalue weighted by Gasteiger charge is 2.14. The predicted octanol–water partition coefficient (Wildman–Crippen LogP) is 3.53. The van der Waals surface area contributed by atoms with Crippen LogP contribution in [0.3, 0.4) is 0 Å². The molecule has 2 N–H and O–H groups in total. The van der Waals surface area contributed by atoms with Crippen LogP contribution >= 0.6 is 27.7 Å². The standard InChI is InChI=1S/C12H11BrFN3OS/c1-2-19-10-9(12(18)17-16-11(10)14)15-8-5-3-7(13)4-6-8/h3-6H,2H2,1H3,(H,15,16)(H,17,18). The minimum absolute atomic E-state index is 0.182. The number of halogens is 2. The van der Waals surface area contributed by atoms with Gasteiger partial charge in [0.25, 0.3) is 5.56 Å². The number of H-pyrrole nitrogens is 1. The van der Waals surface area contributed by atoms with Gasteiger partial charge in [-0.2, -0.15) is 4.39 Å². The molecule has 0 radical (unpaired) electrons. The zero-order chi connectivity index (χ0) is 13.8. The Morgan fingerprint density at radius 1 is 1.42 bits per heavy atom. The molecule has 100 valence electrons. The van der Waals surface area contributed by atoms with E-state index in [1.54, 1.807) is 12.1 Å². The molecule has 0 spiro atoms. The zero-order valence-corrected chi connectivity index (χ0v) is 12.4. The van der Waals surface area contributed by atoms with Crippen molar-refractivity contribution in [2.75, 3.05) is 11.1 Å². The maximum Gasteiger partial charge on any atom is 0.289 e. The van der Waals surface area contributed by atoms with Crippen molar-refractivity contribution < 1.29 is 4.39 Å². The molecular formula is C12H11BrFN3OS. The van der Waals surface area contributed by atoms with E-state index in [0.717, 1.165) is 4.47 Å². The second-order valence-electron chi connectivity index (χ2n) is 3.61. The van der Waals surface area contributed by atoms with Crippen molar-refractivity contribution in [2.24, 2.45) is 0 Å². The van der Waals surface area contributed by atoms with Crippen LogP contribution in [0.1, 0.15) is 6.92 Å². The average Bonchev–Trinajstić information content (AvgIpc) is 2.40. The number of thioether (sulfide) groups is 1. The van der Waals surface area contributed by atoms with Crippen LogP contribution in [0.25, 0.3) is 0 Å². The van der Waals surface area contributed by atoms with E-state index in [1.807, 2.05) is 19.1 Å². The van der Waals surface area contributed by atoms with Gasteiger partial charge < -0.3 is 5.32 Å². The summed E-state index contributed by atoms with van der Waals surface area (Å²) in [4.78, 5) is 12.0. The van der Waals surface area contributed by atoms with Crippen LogP contribution in [0.2, 0.25) is 0 Å². The summed E-state index contributed by atoms with van der Waals surface area (Å²) in [6, 6.07) is 7.26. The Morgan fingerprint density at radius 3 is 2.74 bits per heavy atom. The fraction of sp³-hybridized carbons (Fsp3) is 0.167. The monoisotopic (exact) mass is 343 g/mol. The first-order chi connectivity index (χ1) is 9.11. The van der Waals surface area contributed by atoms with E-state index in [-0.39, 0.29) is 10.6 Å². The van der Waals surface area contributed by atoms with Crippen molar-refractivity contribution in [2.45, 2.75) is 11.8 Å². The Bertz CT molecular complexity index is 630. The van der Waals surface area contributed by atoms with Crippen molar-refractivity contribution in [3.8, 4) is 0 Å². The molecule has 0 aliphatic rings. The Labute approximate surface area is 121 Å².